The van der Waals surface area contributed by atoms with Crippen LogP contribution in [0.1, 0.15) is 20.9 Å². The van der Waals surface area contributed by atoms with Crippen LogP contribution in [0.3, 0.4) is 0 Å². The van der Waals surface area contributed by atoms with Crippen molar-refractivity contribution in [1.82, 2.24) is 4.98 Å². The topological polar surface area (TPSA) is 59.4 Å². The van der Waals surface area contributed by atoms with Crippen LogP contribution in [-0.4, -0.2) is 28.4 Å². The number of thioether (sulfide) groups is 1. The summed E-state index contributed by atoms with van der Waals surface area (Å²) in [6.45, 7) is 4.29. The number of thiazole rings is 1. The van der Waals surface area contributed by atoms with Gasteiger partial charge in [-0.2, -0.15) is 0 Å². The monoisotopic (exact) mass is 309 g/mol. The van der Waals surface area contributed by atoms with Gasteiger partial charge in [-0.25, -0.2) is 9.78 Å². The van der Waals surface area contributed by atoms with Gasteiger partial charge in [0.2, 0.25) is 0 Å². The number of hydrogen-bond acceptors (Lipinski definition) is 5. The van der Waals surface area contributed by atoms with Crippen molar-refractivity contribution in [2.24, 2.45) is 0 Å². The first-order chi connectivity index (χ1) is 9.58. The quantitative estimate of drug-likeness (QED) is 0.652. The number of rotatable bonds is 6. The van der Waals surface area contributed by atoms with E-state index in [2.05, 4.69) is 4.98 Å². The summed E-state index contributed by atoms with van der Waals surface area (Å²) >= 11 is 2.73. The van der Waals surface area contributed by atoms with E-state index in [-0.39, 0.29) is 0 Å². The molecule has 6 heteroatoms. The van der Waals surface area contributed by atoms with E-state index in [1.165, 1.54) is 23.1 Å². The van der Waals surface area contributed by atoms with E-state index in [4.69, 9.17) is 9.84 Å². The summed E-state index contributed by atoms with van der Waals surface area (Å²) in [5, 5.41) is 8.97. The smallest absolute Gasteiger partial charge is 0.347 e. The molecule has 0 aliphatic carbocycles. The van der Waals surface area contributed by atoms with Crippen LogP contribution >= 0.6 is 23.1 Å². The van der Waals surface area contributed by atoms with E-state index in [0.717, 1.165) is 21.4 Å². The fourth-order valence-corrected chi connectivity index (χ4v) is 3.55. The Labute approximate surface area is 125 Å². The van der Waals surface area contributed by atoms with Gasteiger partial charge in [-0.15, -0.1) is 11.3 Å². The summed E-state index contributed by atoms with van der Waals surface area (Å²) in [6, 6.07) is 7.86. The molecule has 0 spiro atoms. The van der Waals surface area contributed by atoms with E-state index in [0.29, 0.717) is 17.2 Å². The van der Waals surface area contributed by atoms with E-state index in [1.54, 1.807) is 6.92 Å². The van der Waals surface area contributed by atoms with Gasteiger partial charge in [-0.1, -0.05) is 30.0 Å². The molecule has 0 bridgehead atoms. The lowest BCUT2D eigenvalue weighted by atomic mass is 10.2. The van der Waals surface area contributed by atoms with Gasteiger partial charge < -0.3 is 9.84 Å². The van der Waals surface area contributed by atoms with Crippen molar-refractivity contribution in [2.75, 3.05) is 12.4 Å². The zero-order valence-corrected chi connectivity index (χ0v) is 12.9. The molecule has 0 saturated carbocycles. The lowest BCUT2D eigenvalue weighted by Crippen LogP contribution is -2.01. The molecule has 2 rings (SSSR count). The molecule has 1 N–H and O–H groups in total. The largest absolute Gasteiger partial charge is 0.492 e. The van der Waals surface area contributed by atoms with Crippen molar-refractivity contribution in [1.29, 1.82) is 0 Å². The Morgan fingerprint density at radius 2 is 2.15 bits per heavy atom. The molecular formula is C14H15NO3S2. The third-order valence-corrected chi connectivity index (χ3v) is 4.88. The first kappa shape index (κ1) is 14.9. The number of aromatic carboxylic acids is 1. The Bertz CT molecular complexity index is 610. The molecule has 1 heterocycles. The molecular weight excluding hydrogens is 294 g/mol. The van der Waals surface area contributed by atoms with Crippen LogP contribution in [0.5, 0.6) is 5.75 Å². The summed E-state index contributed by atoms with van der Waals surface area (Å²) in [6.07, 6.45) is 0. The third-order valence-electron chi connectivity index (χ3n) is 2.63. The first-order valence-corrected chi connectivity index (χ1v) is 7.90. The Balaban J connectivity index is 1.83. The predicted octanol–water partition coefficient (Wildman–Crippen LogP) is 3.63. The van der Waals surface area contributed by atoms with Gasteiger partial charge in [0.25, 0.3) is 0 Å². The van der Waals surface area contributed by atoms with Gasteiger partial charge in [0.1, 0.15) is 10.6 Å². The summed E-state index contributed by atoms with van der Waals surface area (Å²) in [5.41, 5.74) is 1.68. The average molecular weight is 309 g/mol. The molecule has 20 heavy (non-hydrogen) atoms. The Kier molecular flexibility index (Phi) is 5.03. The lowest BCUT2D eigenvalue weighted by molar-refractivity contribution is 0.0701. The van der Waals surface area contributed by atoms with Gasteiger partial charge in [-0.05, 0) is 25.5 Å². The maximum absolute atomic E-state index is 10.9. The molecule has 1 aromatic carbocycles. The number of ether oxygens (including phenoxy) is 1. The standard InChI is InChI=1S/C14H15NO3S2/c1-9-5-3-4-6-11(9)18-7-8-19-14-15-10(2)12(20-14)13(16)17/h3-6H,7-8H2,1-2H3,(H,16,17). The Hall–Kier alpha value is -1.53. The lowest BCUT2D eigenvalue weighted by Gasteiger charge is -2.07. The highest BCUT2D eigenvalue weighted by Gasteiger charge is 2.13. The molecule has 0 aliphatic rings. The Morgan fingerprint density at radius 3 is 2.80 bits per heavy atom. The zero-order chi connectivity index (χ0) is 14.5. The fourth-order valence-electron chi connectivity index (χ4n) is 1.63. The molecule has 4 nitrogen and oxygen atoms in total. The molecule has 106 valence electrons. The van der Waals surface area contributed by atoms with E-state index in [1.807, 2.05) is 31.2 Å². The number of hydrogen-bond donors (Lipinski definition) is 1. The Morgan fingerprint density at radius 1 is 1.40 bits per heavy atom. The zero-order valence-electron chi connectivity index (χ0n) is 11.3. The van der Waals surface area contributed by atoms with Crippen LogP contribution in [0.15, 0.2) is 28.6 Å². The molecule has 0 amide bonds. The summed E-state index contributed by atoms with van der Waals surface area (Å²) in [7, 11) is 0. The SMILES string of the molecule is Cc1ccccc1OCCSc1nc(C)c(C(=O)O)s1. The van der Waals surface area contributed by atoms with Crippen molar-refractivity contribution in [2.45, 2.75) is 18.2 Å². The molecule has 0 atom stereocenters. The number of carbonyl (C=O) groups is 1. The van der Waals surface area contributed by atoms with Crippen LogP contribution in [-0.2, 0) is 0 Å². The van der Waals surface area contributed by atoms with Crippen molar-refractivity contribution >= 4 is 29.1 Å². The number of aryl methyl sites for hydroxylation is 2. The predicted molar refractivity (Wildman–Crippen MR) is 81.2 cm³/mol. The maximum atomic E-state index is 10.9. The van der Waals surface area contributed by atoms with E-state index in [9.17, 15) is 4.79 Å². The minimum Gasteiger partial charge on any atom is -0.492 e. The minimum atomic E-state index is -0.914. The molecule has 0 unspecified atom stereocenters. The molecule has 0 fully saturated rings. The normalized spacial score (nSPS) is 10.5. The van der Waals surface area contributed by atoms with E-state index >= 15 is 0 Å². The fraction of sp³-hybridized carbons (Fsp3) is 0.286. The van der Waals surface area contributed by atoms with Crippen LogP contribution in [0.4, 0.5) is 0 Å². The number of carboxylic acids is 1. The summed E-state index contributed by atoms with van der Waals surface area (Å²) in [4.78, 5) is 15.5. The second kappa shape index (κ2) is 6.76. The highest BCUT2D eigenvalue weighted by Crippen LogP contribution is 2.27. The minimum absolute atomic E-state index is 0.312. The van der Waals surface area contributed by atoms with Crippen molar-refractivity contribution < 1.29 is 14.6 Å². The first-order valence-electron chi connectivity index (χ1n) is 6.10. The third kappa shape index (κ3) is 3.74. The number of carboxylic acid groups (broad SMARTS) is 1. The highest BCUT2D eigenvalue weighted by molar-refractivity contribution is 8.01. The molecule has 0 aliphatic heterocycles. The number of aromatic nitrogens is 1. The van der Waals surface area contributed by atoms with Crippen molar-refractivity contribution in [3.63, 3.8) is 0 Å². The average Bonchev–Trinajstić information content (AvgIpc) is 2.78. The molecule has 1 aromatic heterocycles. The number of para-hydroxylation sites is 1. The van der Waals surface area contributed by atoms with Crippen LogP contribution in [0.25, 0.3) is 0 Å². The number of benzene rings is 1. The van der Waals surface area contributed by atoms with Gasteiger partial charge in [0.05, 0.1) is 12.3 Å². The molecule has 0 saturated heterocycles. The van der Waals surface area contributed by atoms with Gasteiger partial charge in [0.15, 0.2) is 4.34 Å². The summed E-state index contributed by atoms with van der Waals surface area (Å²) < 4.78 is 6.45. The maximum Gasteiger partial charge on any atom is 0.347 e. The second-order valence-electron chi connectivity index (χ2n) is 4.16. The number of nitrogens with zero attached hydrogens (tertiary/aromatic N) is 1. The van der Waals surface area contributed by atoms with Crippen LogP contribution in [0.2, 0.25) is 0 Å². The van der Waals surface area contributed by atoms with Crippen molar-refractivity contribution in [3.8, 4) is 5.75 Å². The van der Waals surface area contributed by atoms with Crippen LogP contribution in [0, 0.1) is 13.8 Å². The highest BCUT2D eigenvalue weighted by atomic mass is 32.2. The second-order valence-corrected chi connectivity index (χ2v) is 6.50. The van der Waals surface area contributed by atoms with Crippen LogP contribution < -0.4 is 4.74 Å². The molecule has 0 radical (unpaired) electrons. The molecule has 2 aromatic rings. The van der Waals surface area contributed by atoms with E-state index < -0.39 is 5.97 Å². The van der Waals surface area contributed by atoms with Gasteiger partial charge in [-0.3, -0.25) is 0 Å². The van der Waals surface area contributed by atoms with Crippen molar-refractivity contribution in [3.05, 3.63) is 40.4 Å². The van der Waals surface area contributed by atoms with Gasteiger partial charge >= 0.3 is 5.97 Å². The van der Waals surface area contributed by atoms with Gasteiger partial charge in [0, 0.05) is 5.75 Å². The summed E-state index contributed by atoms with van der Waals surface area (Å²) in [5.74, 6) is 0.707.